The van der Waals surface area contributed by atoms with E-state index in [9.17, 15) is 4.39 Å². The smallest absolute Gasteiger partial charge is 0.200 e. The molecule has 0 N–H and O–H groups in total. The van der Waals surface area contributed by atoms with E-state index in [4.69, 9.17) is 9.47 Å². The lowest BCUT2D eigenvalue weighted by molar-refractivity contribution is -0.173. The van der Waals surface area contributed by atoms with Crippen LogP contribution >= 0.6 is 11.3 Å². The zero-order valence-corrected chi connectivity index (χ0v) is 11.3. The number of nitrogens with zero attached hydrogens (tertiary/aromatic N) is 1. The second-order valence-electron chi connectivity index (χ2n) is 4.64. The number of hydrogen-bond donors (Lipinski definition) is 0. The van der Waals surface area contributed by atoms with Crippen LogP contribution < -0.4 is 0 Å². The zero-order valence-electron chi connectivity index (χ0n) is 10.5. The van der Waals surface area contributed by atoms with Crippen LogP contribution in [0.25, 0.3) is 0 Å². The standard InChI is InChI=1S/C14H14FNO2S/c1-10-8-17-14(18-10,6-13-7-16-9-19-13)11-2-4-12(15)5-3-11/h2-5,7,9-10H,6,8H2,1H3. The summed E-state index contributed by atoms with van der Waals surface area (Å²) in [5, 5.41) is 0. The third kappa shape index (κ3) is 2.54. The number of halogens is 1. The predicted molar refractivity (Wildman–Crippen MR) is 70.4 cm³/mol. The number of rotatable bonds is 3. The van der Waals surface area contributed by atoms with Gasteiger partial charge in [-0.05, 0) is 19.1 Å². The van der Waals surface area contributed by atoms with Gasteiger partial charge in [0.15, 0.2) is 5.79 Å². The van der Waals surface area contributed by atoms with E-state index in [1.165, 1.54) is 12.1 Å². The van der Waals surface area contributed by atoms with Crippen molar-refractivity contribution in [1.29, 1.82) is 0 Å². The molecule has 1 aromatic carbocycles. The molecule has 2 unspecified atom stereocenters. The summed E-state index contributed by atoms with van der Waals surface area (Å²) in [7, 11) is 0. The molecule has 0 aliphatic carbocycles. The fourth-order valence-corrected chi connectivity index (χ4v) is 2.91. The van der Waals surface area contributed by atoms with E-state index in [0.29, 0.717) is 13.0 Å². The van der Waals surface area contributed by atoms with Gasteiger partial charge in [-0.1, -0.05) is 12.1 Å². The molecule has 0 saturated carbocycles. The highest BCUT2D eigenvalue weighted by Gasteiger charge is 2.42. The average Bonchev–Trinajstić information content (AvgIpc) is 3.01. The average molecular weight is 279 g/mol. The van der Waals surface area contributed by atoms with Crippen molar-refractivity contribution < 1.29 is 13.9 Å². The predicted octanol–water partition coefficient (Wildman–Crippen LogP) is 3.11. The number of benzene rings is 1. The number of ether oxygens (including phenoxy) is 2. The van der Waals surface area contributed by atoms with Gasteiger partial charge in [-0.3, -0.25) is 4.98 Å². The topological polar surface area (TPSA) is 31.4 Å². The molecule has 1 aromatic heterocycles. The molecule has 100 valence electrons. The van der Waals surface area contributed by atoms with Gasteiger partial charge in [-0.15, -0.1) is 11.3 Å². The Bertz CT molecular complexity index is 543. The lowest BCUT2D eigenvalue weighted by Gasteiger charge is -2.27. The number of thiazole rings is 1. The van der Waals surface area contributed by atoms with Gasteiger partial charge in [0, 0.05) is 23.1 Å². The van der Waals surface area contributed by atoms with Crippen LogP contribution in [0.1, 0.15) is 17.4 Å². The maximum Gasteiger partial charge on any atom is 0.200 e. The third-order valence-corrected chi connectivity index (χ3v) is 3.90. The summed E-state index contributed by atoms with van der Waals surface area (Å²) in [6, 6.07) is 6.29. The molecule has 2 heterocycles. The SMILES string of the molecule is CC1COC(Cc2cncs2)(c2ccc(F)cc2)O1. The van der Waals surface area contributed by atoms with Crippen molar-refractivity contribution >= 4 is 11.3 Å². The minimum Gasteiger partial charge on any atom is -0.343 e. The van der Waals surface area contributed by atoms with Crippen molar-refractivity contribution in [3.8, 4) is 0 Å². The summed E-state index contributed by atoms with van der Waals surface area (Å²) < 4.78 is 24.9. The molecular formula is C14H14FNO2S. The normalized spacial score (nSPS) is 26.7. The highest BCUT2D eigenvalue weighted by molar-refractivity contribution is 7.09. The van der Waals surface area contributed by atoms with E-state index in [1.54, 1.807) is 29.0 Å². The Morgan fingerprint density at radius 2 is 2.21 bits per heavy atom. The minimum absolute atomic E-state index is 0.0259. The first-order valence-electron chi connectivity index (χ1n) is 6.13. The highest BCUT2D eigenvalue weighted by atomic mass is 32.1. The van der Waals surface area contributed by atoms with Crippen LogP contribution in [-0.2, 0) is 21.7 Å². The fourth-order valence-electron chi connectivity index (χ4n) is 2.25. The van der Waals surface area contributed by atoms with E-state index in [1.807, 2.05) is 13.1 Å². The summed E-state index contributed by atoms with van der Waals surface area (Å²) in [6.07, 6.45) is 2.43. The van der Waals surface area contributed by atoms with Gasteiger partial charge in [0.2, 0.25) is 0 Å². The quantitative estimate of drug-likeness (QED) is 0.865. The van der Waals surface area contributed by atoms with Gasteiger partial charge in [-0.2, -0.15) is 0 Å². The monoisotopic (exact) mass is 279 g/mol. The summed E-state index contributed by atoms with van der Waals surface area (Å²) in [6.45, 7) is 2.51. The largest absolute Gasteiger partial charge is 0.343 e. The van der Waals surface area contributed by atoms with Crippen molar-refractivity contribution in [3.05, 3.63) is 52.2 Å². The molecule has 1 fully saturated rings. The molecule has 1 aliphatic rings. The molecule has 1 saturated heterocycles. The first-order chi connectivity index (χ1) is 9.18. The minimum atomic E-state index is -0.820. The highest BCUT2D eigenvalue weighted by Crippen LogP contribution is 2.38. The van der Waals surface area contributed by atoms with Crippen LogP contribution in [-0.4, -0.2) is 17.7 Å². The molecule has 2 aromatic rings. The van der Waals surface area contributed by atoms with Gasteiger partial charge in [-0.25, -0.2) is 4.39 Å². The number of hydrogen-bond acceptors (Lipinski definition) is 4. The first kappa shape index (κ1) is 12.7. The second-order valence-corrected chi connectivity index (χ2v) is 5.61. The summed E-state index contributed by atoms with van der Waals surface area (Å²) >= 11 is 1.56. The van der Waals surface area contributed by atoms with Gasteiger partial charge in [0.1, 0.15) is 5.82 Å². The maximum absolute atomic E-state index is 13.1. The van der Waals surface area contributed by atoms with Gasteiger partial charge in [0.05, 0.1) is 18.2 Å². The first-order valence-corrected chi connectivity index (χ1v) is 7.01. The van der Waals surface area contributed by atoms with Crippen molar-refractivity contribution in [2.75, 3.05) is 6.61 Å². The summed E-state index contributed by atoms with van der Waals surface area (Å²) in [5.41, 5.74) is 2.62. The maximum atomic E-state index is 13.1. The molecule has 0 bridgehead atoms. The Morgan fingerprint density at radius 3 is 2.79 bits per heavy atom. The summed E-state index contributed by atoms with van der Waals surface area (Å²) in [5.74, 6) is -1.08. The molecule has 3 nitrogen and oxygen atoms in total. The van der Waals surface area contributed by atoms with Crippen molar-refractivity contribution in [3.63, 3.8) is 0 Å². The van der Waals surface area contributed by atoms with Crippen LogP contribution in [0.15, 0.2) is 36.0 Å². The molecule has 5 heteroatoms. The van der Waals surface area contributed by atoms with Crippen molar-refractivity contribution in [1.82, 2.24) is 4.98 Å². The zero-order chi connectivity index (χ0) is 13.3. The third-order valence-electron chi connectivity index (χ3n) is 3.12. The molecule has 1 aliphatic heterocycles. The van der Waals surface area contributed by atoms with Gasteiger partial charge < -0.3 is 9.47 Å². The van der Waals surface area contributed by atoms with Crippen LogP contribution in [0.4, 0.5) is 4.39 Å². The second kappa shape index (κ2) is 5.00. The Hall–Kier alpha value is -1.30. The van der Waals surface area contributed by atoms with Crippen molar-refractivity contribution in [2.45, 2.75) is 25.2 Å². The Balaban J connectivity index is 1.95. The molecular weight excluding hydrogens is 265 g/mol. The van der Waals surface area contributed by atoms with Crippen LogP contribution in [0.2, 0.25) is 0 Å². The molecule has 0 amide bonds. The van der Waals surface area contributed by atoms with Gasteiger partial charge in [0.25, 0.3) is 0 Å². The molecule has 2 atom stereocenters. The Labute approximate surface area is 115 Å². The van der Waals surface area contributed by atoms with E-state index >= 15 is 0 Å². The van der Waals surface area contributed by atoms with E-state index in [2.05, 4.69) is 4.98 Å². The van der Waals surface area contributed by atoms with E-state index in [-0.39, 0.29) is 11.9 Å². The van der Waals surface area contributed by atoms with E-state index in [0.717, 1.165) is 10.4 Å². The Kier molecular flexibility index (Phi) is 3.35. The van der Waals surface area contributed by atoms with Crippen LogP contribution in [0.3, 0.4) is 0 Å². The number of aromatic nitrogens is 1. The molecule has 0 radical (unpaired) electrons. The van der Waals surface area contributed by atoms with Gasteiger partial charge >= 0.3 is 0 Å². The van der Waals surface area contributed by atoms with Crippen molar-refractivity contribution in [2.24, 2.45) is 0 Å². The van der Waals surface area contributed by atoms with Crippen LogP contribution in [0.5, 0.6) is 0 Å². The molecule has 0 spiro atoms. The van der Waals surface area contributed by atoms with Crippen LogP contribution in [0, 0.1) is 5.82 Å². The fraction of sp³-hybridized carbons (Fsp3) is 0.357. The summed E-state index contributed by atoms with van der Waals surface area (Å²) in [4.78, 5) is 5.15. The lowest BCUT2D eigenvalue weighted by Crippen LogP contribution is -2.30. The lowest BCUT2D eigenvalue weighted by atomic mass is 10.0. The molecule has 19 heavy (non-hydrogen) atoms. The molecule has 3 rings (SSSR count). The Morgan fingerprint density at radius 1 is 1.42 bits per heavy atom. The van der Waals surface area contributed by atoms with E-state index < -0.39 is 5.79 Å².